The summed E-state index contributed by atoms with van der Waals surface area (Å²) >= 11 is 0. The van der Waals surface area contributed by atoms with Gasteiger partial charge in [0.15, 0.2) is 11.6 Å². The predicted molar refractivity (Wildman–Crippen MR) is 57.7 cm³/mol. The molecule has 0 bridgehead atoms. The van der Waals surface area contributed by atoms with Crippen molar-refractivity contribution in [3.8, 4) is 5.75 Å². The van der Waals surface area contributed by atoms with Crippen LogP contribution in [-0.4, -0.2) is 5.97 Å². The summed E-state index contributed by atoms with van der Waals surface area (Å²) in [5.41, 5.74) is 0.154. The molecule has 2 aromatic rings. The maximum absolute atomic E-state index is 13.2. The van der Waals surface area contributed by atoms with Crippen molar-refractivity contribution in [2.45, 2.75) is 0 Å². The average molecular weight is 252 g/mol. The van der Waals surface area contributed by atoms with Gasteiger partial charge in [0.1, 0.15) is 5.82 Å². The van der Waals surface area contributed by atoms with E-state index in [1.165, 1.54) is 12.1 Å². The molecule has 2 nitrogen and oxygen atoms in total. The Bertz CT molecular complexity index is 582. The Labute approximate surface area is 101 Å². The summed E-state index contributed by atoms with van der Waals surface area (Å²) in [5, 5.41) is 0. The Morgan fingerprint density at radius 3 is 2.33 bits per heavy atom. The fourth-order valence-electron chi connectivity index (χ4n) is 1.34. The van der Waals surface area contributed by atoms with Crippen LogP contribution in [0, 0.1) is 17.5 Å². The van der Waals surface area contributed by atoms with E-state index in [2.05, 4.69) is 4.74 Å². The monoisotopic (exact) mass is 252 g/mol. The number of carbonyl (C=O) groups is 1. The second-order valence-corrected chi connectivity index (χ2v) is 3.46. The molecule has 2 rings (SSSR count). The predicted octanol–water partition coefficient (Wildman–Crippen LogP) is 3.32. The van der Waals surface area contributed by atoms with Crippen molar-refractivity contribution < 1.29 is 22.7 Å². The highest BCUT2D eigenvalue weighted by Gasteiger charge is 2.16. The maximum atomic E-state index is 13.2. The van der Waals surface area contributed by atoms with Crippen LogP contribution in [0.25, 0.3) is 0 Å². The standard InChI is InChI=1S/C13H7F3O2/c14-9-6-10(15)12(16)11(7-9)18-13(17)8-4-2-1-3-5-8/h1-7H. The van der Waals surface area contributed by atoms with E-state index in [0.29, 0.717) is 12.1 Å². The van der Waals surface area contributed by atoms with Gasteiger partial charge in [0, 0.05) is 12.1 Å². The zero-order valence-electron chi connectivity index (χ0n) is 8.99. The normalized spacial score (nSPS) is 10.2. The number of rotatable bonds is 2. The average Bonchev–Trinajstić information content (AvgIpc) is 2.36. The van der Waals surface area contributed by atoms with Gasteiger partial charge in [0.25, 0.3) is 0 Å². The van der Waals surface area contributed by atoms with Crippen LogP contribution in [0.4, 0.5) is 13.2 Å². The van der Waals surface area contributed by atoms with Gasteiger partial charge in [-0.2, -0.15) is 4.39 Å². The number of esters is 1. The lowest BCUT2D eigenvalue weighted by Gasteiger charge is -2.06. The molecule has 2 aromatic carbocycles. The quantitative estimate of drug-likeness (QED) is 0.465. The zero-order chi connectivity index (χ0) is 13.1. The second-order valence-electron chi connectivity index (χ2n) is 3.46. The number of benzene rings is 2. The molecule has 0 saturated heterocycles. The number of hydrogen-bond donors (Lipinski definition) is 0. The fourth-order valence-corrected chi connectivity index (χ4v) is 1.34. The van der Waals surface area contributed by atoms with Gasteiger partial charge in [-0.15, -0.1) is 0 Å². The Balaban J connectivity index is 2.28. The molecule has 0 amide bonds. The van der Waals surface area contributed by atoms with E-state index in [4.69, 9.17) is 0 Å². The molecule has 0 fully saturated rings. The molecule has 0 aliphatic rings. The molecular formula is C13H7F3O2. The first-order chi connectivity index (χ1) is 8.58. The zero-order valence-corrected chi connectivity index (χ0v) is 8.99. The minimum Gasteiger partial charge on any atom is -0.420 e. The van der Waals surface area contributed by atoms with Gasteiger partial charge in [-0.3, -0.25) is 0 Å². The summed E-state index contributed by atoms with van der Waals surface area (Å²) < 4.78 is 43.6. The Kier molecular flexibility index (Phi) is 3.32. The summed E-state index contributed by atoms with van der Waals surface area (Å²) in [4.78, 5) is 11.6. The highest BCUT2D eigenvalue weighted by Crippen LogP contribution is 2.22. The van der Waals surface area contributed by atoms with Crippen LogP contribution in [-0.2, 0) is 0 Å². The van der Waals surface area contributed by atoms with E-state index in [1.807, 2.05) is 0 Å². The van der Waals surface area contributed by atoms with Crippen LogP contribution in [0.1, 0.15) is 10.4 Å². The number of hydrogen-bond acceptors (Lipinski definition) is 2. The van der Waals surface area contributed by atoms with Crippen LogP contribution in [0.3, 0.4) is 0 Å². The van der Waals surface area contributed by atoms with Gasteiger partial charge in [-0.05, 0) is 12.1 Å². The molecule has 0 unspecified atom stereocenters. The van der Waals surface area contributed by atoms with Crippen LogP contribution in [0.2, 0.25) is 0 Å². The van der Waals surface area contributed by atoms with Crippen LogP contribution >= 0.6 is 0 Å². The topological polar surface area (TPSA) is 26.3 Å². The molecule has 0 aliphatic heterocycles. The number of halogens is 3. The van der Waals surface area contributed by atoms with E-state index < -0.39 is 29.2 Å². The maximum Gasteiger partial charge on any atom is 0.343 e. The van der Waals surface area contributed by atoms with Gasteiger partial charge in [0.2, 0.25) is 5.82 Å². The smallest absolute Gasteiger partial charge is 0.343 e. The molecule has 0 aliphatic carbocycles. The Morgan fingerprint density at radius 2 is 1.67 bits per heavy atom. The van der Waals surface area contributed by atoms with Crippen molar-refractivity contribution in [3.63, 3.8) is 0 Å². The summed E-state index contributed by atoms with van der Waals surface area (Å²) in [6.07, 6.45) is 0. The lowest BCUT2D eigenvalue weighted by atomic mass is 10.2. The molecule has 0 saturated carbocycles. The van der Waals surface area contributed by atoms with E-state index in [1.54, 1.807) is 18.2 Å². The Morgan fingerprint density at radius 1 is 1.00 bits per heavy atom. The van der Waals surface area contributed by atoms with Crippen molar-refractivity contribution in [1.29, 1.82) is 0 Å². The van der Waals surface area contributed by atoms with Crippen LogP contribution in [0.5, 0.6) is 5.75 Å². The summed E-state index contributed by atoms with van der Waals surface area (Å²) in [7, 11) is 0. The largest absolute Gasteiger partial charge is 0.420 e. The molecule has 0 atom stereocenters. The summed E-state index contributed by atoms with van der Waals surface area (Å²) in [6, 6.07) is 8.71. The molecule has 18 heavy (non-hydrogen) atoms. The van der Waals surface area contributed by atoms with E-state index >= 15 is 0 Å². The first-order valence-electron chi connectivity index (χ1n) is 4.99. The second kappa shape index (κ2) is 4.91. The SMILES string of the molecule is O=C(Oc1cc(F)cc(F)c1F)c1ccccc1. The van der Waals surface area contributed by atoms with Crippen molar-refractivity contribution in [2.24, 2.45) is 0 Å². The van der Waals surface area contributed by atoms with Gasteiger partial charge < -0.3 is 4.74 Å². The van der Waals surface area contributed by atoms with E-state index in [9.17, 15) is 18.0 Å². The highest BCUT2D eigenvalue weighted by atomic mass is 19.2. The van der Waals surface area contributed by atoms with E-state index in [-0.39, 0.29) is 5.56 Å². The minimum absolute atomic E-state index is 0.154. The summed E-state index contributed by atoms with van der Waals surface area (Å²) in [5.74, 6) is -5.50. The molecule has 0 aromatic heterocycles. The number of carbonyl (C=O) groups excluding carboxylic acids is 1. The highest BCUT2D eigenvalue weighted by molar-refractivity contribution is 5.90. The lowest BCUT2D eigenvalue weighted by Crippen LogP contribution is -2.10. The van der Waals surface area contributed by atoms with Gasteiger partial charge in [0.05, 0.1) is 5.56 Å². The molecule has 0 spiro atoms. The van der Waals surface area contributed by atoms with Crippen molar-refractivity contribution in [3.05, 3.63) is 65.5 Å². The molecule has 0 radical (unpaired) electrons. The number of ether oxygens (including phenoxy) is 1. The molecule has 5 heteroatoms. The third-order valence-corrected chi connectivity index (χ3v) is 2.17. The lowest BCUT2D eigenvalue weighted by molar-refractivity contribution is 0.0726. The first-order valence-corrected chi connectivity index (χ1v) is 4.99. The summed E-state index contributed by atoms with van der Waals surface area (Å²) in [6.45, 7) is 0. The van der Waals surface area contributed by atoms with Gasteiger partial charge in [-0.1, -0.05) is 18.2 Å². The first kappa shape index (κ1) is 12.2. The van der Waals surface area contributed by atoms with Crippen molar-refractivity contribution in [2.75, 3.05) is 0 Å². The van der Waals surface area contributed by atoms with Crippen LogP contribution in [0.15, 0.2) is 42.5 Å². The fraction of sp³-hybridized carbons (Fsp3) is 0. The van der Waals surface area contributed by atoms with Crippen LogP contribution < -0.4 is 4.74 Å². The third-order valence-electron chi connectivity index (χ3n) is 2.17. The molecule has 0 heterocycles. The van der Waals surface area contributed by atoms with Crippen molar-refractivity contribution >= 4 is 5.97 Å². The van der Waals surface area contributed by atoms with Gasteiger partial charge >= 0.3 is 5.97 Å². The molecular weight excluding hydrogens is 245 g/mol. The minimum atomic E-state index is -1.41. The molecule has 0 N–H and O–H groups in total. The Hall–Kier alpha value is -2.30. The third kappa shape index (κ3) is 2.51. The van der Waals surface area contributed by atoms with Crippen molar-refractivity contribution in [1.82, 2.24) is 0 Å². The van der Waals surface area contributed by atoms with E-state index in [0.717, 1.165) is 0 Å². The van der Waals surface area contributed by atoms with Gasteiger partial charge in [-0.25, -0.2) is 13.6 Å². The molecule has 92 valence electrons.